The number of hydrogen-bond donors (Lipinski definition) is 3. The first-order chi connectivity index (χ1) is 9.10. The third-order valence-corrected chi connectivity index (χ3v) is 3.48. The van der Waals surface area contributed by atoms with Gasteiger partial charge in [-0.3, -0.25) is 4.79 Å². The van der Waals surface area contributed by atoms with Crippen LogP contribution >= 0.6 is 11.3 Å². The predicted molar refractivity (Wildman–Crippen MR) is 78.9 cm³/mol. The van der Waals surface area contributed by atoms with Crippen LogP contribution in [0.2, 0.25) is 0 Å². The van der Waals surface area contributed by atoms with E-state index in [1.54, 1.807) is 18.4 Å². The fourth-order valence-corrected chi connectivity index (χ4v) is 2.59. The van der Waals surface area contributed by atoms with Crippen LogP contribution in [0.15, 0.2) is 6.07 Å². The van der Waals surface area contributed by atoms with E-state index in [1.807, 2.05) is 6.92 Å². The molecule has 1 amide bonds. The van der Waals surface area contributed by atoms with Crippen molar-refractivity contribution in [2.45, 2.75) is 13.8 Å². The summed E-state index contributed by atoms with van der Waals surface area (Å²) in [7, 11) is 1.79. The number of nitrogens with one attached hydrogen (secondary N) is 3. The van der Waals surface area contributed by atoms with Crippen LogP contribution in [0.4, 0.5) is 11.8 Å². The fourth-order valence-electron chi connectivity index (χ4n) is 1.71. The number of carbonyl (C=O) groups is 1. The third kappa shape index (κ3) is 3.31. The van der Waals surface area contributed by atoms with Gasteiger partial charge in [-0.2, -0.15) is 4.98 Å². The van der Waals surface area contributed by atoms with Crippen LogP contribution in [0.1, 0.15) is 11.8 Å². The largest absolute Gasteiger partial charge is 0.368 e. The zero-order valence-corrected chi connectivity index (χ0v) is 12.0. The lowest BCUT2D eigenvalue weighted by atomic mass is 10.3. The van der Waals surface area contributed by atoms with Crippen LogP contribution in [-0.2, 0) is 4.79 Å². The van der Waals surface area contributed by atoms with Gasteiger partial charge in [0, 0.05) is 31.9 Å². The normalized spacial score (nSPS) is 10.5. The zero-order valence-electron chi connectivity index (χ0n) is 11.2. The van der Waals surface area contributed by atoms with E-state index in [-0.39, 0.29) is 5.91 Å². The summed E-state index contributed by atoms with van der Waals surface area (Å²) in [6, 6.07) is 2.07. The molecule has 102 valence electrons. The van der Waals surface area contributed by atoms with Gasteiger partial charge in [0.15, 0.2) is 0 Å². The van der Waals surface area contributed by atoms with E-state index in [1.165, 1.54) is 11.8 Å². The molecule has 0 aliphatic heterocycles. The summed E-state index contributed by atoms with van der Waals surface area (Å²) in [6.07, 6.45) is 0. The number of aryl methyl sites for hydroxylation is 1. The topological polar surface area (TPSA) is 78.9 Å². The van der Waals surface area contributed by atoms with Gasteiger partial charge in [-0.25, -0.2) is 4.98 Å². The standard InChI is InChI=1S/C12H17N5OS/c1-7-6-9-10(15-5-4-14-8(2)18)16-12(13-3)17-11(9)19-7/h6H,4-5H2,1-3H3,(H,14,18)(H2,13,15,16,17). The number of anilines is 2. The molecule has 3 N–H and O–H groups in total. The molecule has 0 radical (unpaired) electrons. The molecule has 2 aromatic heterocycles. The maximum absolute atomic E-state index is 10.8. The van der Waals surface area contributed by atoms with E-state index >= 15 is 0 Å². The van der Waals surface area contributed by atoms with Gasteiger partial charge < -0.3 is 16.0 Å². The lowest BCUT2D eigenvalue weighted by Gasteiger charge is -2.08. The average Bonchev–Trinajstić information content (AvgIpc) is 2.74. The Labute approximate surface area is 115 Å². The van der Waals surface area contributed by atoms with E-state index in [4.69, 9.17) is 0 Å². The first kappa shape index (κ1) is 13.5. The zero-order chi connectivity index (χ0) is 13.8. The van der Waals surface area contributed by atoms with Gasteiger partial charge in [0.2, 0.25) is 11.9 Å². The molecule has 0 unspecified atom stereocenters. The average molecular weight is 279 g/mol. The Morgan fingerprint density at radius 3 is 2.84 bits per heavy atom. The fraction of sp³-hybridized carbons (Fsp3) is 0.417. The molecule has 19 heavy (non-hydrogen) atoms. The Hall–Kier alpha value is -1.89. The second-order valence-corrected chi connectivity index (χ2v) is 5.37. The van der Waals surface area contributed by atoms with Gasteiger partial charge >= 0.3 is 0 Å². The van der Waals surface area contributed by atoms with Crippen LogP contribution in [0.3, 0.4) is 0 Å². The maximum atomic E-state index is 10.8. The molecule has 0 atom stereocenters. The van der Waals surface area contributed by atoms with Gasteiger partial charge in [-0.05, 0) is 13.0 Å². The summed E-state index contributed by atoms with van der Waals surface area (Å²) in [5, 5.41) is 9.94. The molecule has 6 nitrogen and oxygen atoms in total. The van der Waals surface area contributed by atoms with Gasteiger partial charge in [-0.1, -0.05) is 0 Å². The molecule has 0 bridgehead atoms. The van der Waals surface area contributed by atoms with Crippen molar-refractivity contribution in [2.24, 2.45) is 0 Å². The summed E-state index contributed by atoms with van der Waals surface area (Å²) < 4.78 is 0. The lowest BCUT2D eigenvalue weighted by Crippen LogP contribution is -2.26. The predicted octanol–water partition coefficient (Wildman–Crippen LogP) is 1.59. The SMILES string of the molecule is CNc1nc(NCCNC(C)=O)c2cc(C)sc2n1. The highest BCUT2D eigenvalue weighted by atomic mass is 32.1. The summed E-state index contributed by atoms with van der Waals surface area (Å²) in [4.78, 5) is 21.8. The van der Waals surface area contributed by atoms with Crippen LogP contribution in [0.25, 0.3) is 10.2 Å². The van der Waals surface area contributed by atoms with Crippen LogP contribution in [0.5, 0.6) is 0 Å². The van der Waals surface area contributed by atoms with Crippen molar-refractivity contribution in [1.29, 1.82) is 0 Å². The molecule has 2 rings (SSSR count). The summed E-state index contributed by atoms with van der Waals surface area (Å²) in [6.45, 7) is 4.75. The molecule has 2 aromatic rings. The smallest absolute Gasteiger partial charge is 0.225 e. The number of amides is 1. The maximum Gasteiger partial charge on any atom is 0.225 e. The molecule has 7 heteroatoms. The van der Waals surface area contributed by atoms with Crippen LogP contribution in [-0.4, -0.2) is 36.0 Å². The van der Waals surface area contributed by atoms with E-state index < -0.39 is 0 Å². The van der Waals surface area contributed by atoms with E-state index in [9.17, 15) is 4.79 Å². The molecular formula is C12H17N5OS. The second kappa shape index (κ2) is 5.83. The van der Waals surface area contributed by atoms with Crippen molar-refractivity contribution < 1.29 is 4.79 Å². The van der Waals surface area contributed by atoms with Gasteiger partial charge in [0.05, 0.1) is 5.39 Å². The molecular weight excluding hydrogens is 262 g/mol. The Kier molecular flexibility index (Phi) is 4.16. The second-order valence-electron chi connectivity index (χ2n) is 4.13. The summed E-state index contributed by atoms with van der Waals surface area (Å²) >= 11 is 1.64. The highest BCUT2D eigenvalue weighted by Gasteiger charge is 2.09. The number of fused-ring (bicyclic) bond motifs is 1. The Morgan fingerprint density at radius 2 is 2.16 bits per heavy atom. The number of nitrogens with zero attached hydrogens (tertiary/aromatic N) is 2. The first-order valence-electron chi connectivity index (χ1n) is 6.04. The van der Waals surface area contributed by atoms with E-state index in [0.717, 1.165) is 16.0 Å². The molecule has 0 aromatic carbocycles. The number of rotatable bonds is 5. The quantitative estimate of drug-likeness (QED) is 0.724. The molecule has 0 fully saturated rings. The molecule has 0 saturated heterocycles. The molecule has 0 aliphatic rings. The minimum atomic E-state index is -0.0306. The van der Waals surface area contributed by atoms with Crippen molar-refractivity contribution >= 4 is 39.2 Å². The number of carbonyl (C=O) groups excluding carboxylic acids is 1. The highest BCUT2D eigenvalue weighted by molar-refractivity contribution is 7.18. The van der Waals surface area contributed by atoms with Gasteiger partial charge in [-0.15, -0.1) is 11.3 Å². The third-order valence-electron chi connectivity index (χ3n) is 2.53. The van der Waals surface area contributed by atoms with Gasteiger partial charge in [0.1, 0.15) is 10.6 Å². The Bertz CT molecular complexity index is 595. The van der Waals surface area contributed by atoms with Crippen molar-refractivity contribution in [3.05, 3.63) is 10.9 Å². The number of thiophene rings is 1. The van der Waals surface area contributed by atoms with E-state index in [0.29, 0.717) is 19.0 Å². The highest BCUT2D eigenvalue weighted by Crippen LogP contribution is 2.29. The molecule has 2 heterocycles. The molecule has 0 spiro atoms. The number of hydrogen-bond acceptors (Lipinski definition) is 6. The van der Waals surface area contributed by atoms with Crippen molar-refractivity contribution in [3.63, 3.8) is 0 Å². The van der Waals surface area contributed by atoms with Crippen LogP contribution in [0, 0.1) is 6.92 Å². The Balaban J connectivity index is 2.17. The van der Waals surface area contributed by atoms with Gasteiger partial charge in [0.25, 0.3) is 0 Å². The van der Waals surface area contributed by atoms with Crippen molar-refractivity contribution in [2.75, 3.05) is 30.8 Å². The van der Waals surface area contributed by atoms with Crippen molar-refractivity contribution in [3.8, 4) is 0 Å². The summed E-state index contributed by atoms with van der Waals surface area (Å²) in [5.41, 5.74) is 0. The van der Waals surface area contributed by atoms with E-state index in [2.05, 4.69) is 32.0 Å². The monoisotopic (exact) mass is 279 g/mol. The van der Waals surface area contributed by atoms with Crippen LogP contribution < -0.4 is 16.0 Å². The summed E-state index contributed by atoms with van der Waals surface area (Å²) in [5.74, 6) is 1.36. The molecule has 0 aliphatic carbocycles. The lowest BCUT2D eigenvalue weighted by molar-refractivity contribution is -0.118. The molecule has 0 saturated carbocycles. The minimum absolute atomic E-state index is 0.0306. The Morgan fingerprint density at radius 1 is 1.37 bits per heavy atom. The number of aromatic nitrogens is 2. The minimum Gasteiger partial charge on any atom is -0.368 e. The van der Waals surface area contributed by atoms with Crippen molar-refractivity contribution in [1.82, 2.24) is 15.3 Å². The first-order valence-corrected chi connectivity index (χ1v) is 6.86.